The standard InChI is InChI=1S/C12H15F3N2O2/c1-8(19)10-6-9(2-3-11(10)16)17(4-5-18)7-12(13,14)15/h2-3,6,18H,4-5,7,16H2,1H3. The average molecular weight is 276 g/mol. The summed E-state index contributed by atoms with van der Waals surface area (Å²) >= 11 is 0. The third-order valence-electron chi connectivity index (χ3n) is 2.52. The van der Waals surface area contributed by atoms with Crippen molar-refractivity contribution in [2.75, 3.05) is 30.3 Å². The van der Waals surface area contributed by atoms with Gasteiger partial charge in [0.2, 0.25) is 0 Å². The predicted molar refractivity (Wildman–Crippen MR) is 66.2 cm³/mol. The zero-order valence-electron chi connectivity index (χ0n) is 10.4. The fourth-order valence-electron chi connectivity index (χ4n) is 1.68. The number of aliphatic hydroxyl groups is 1. The van der Waals surface area contributed by atoms with Crippen LogP contribution in [0.3, 0.4) is 0 Å². The summed E-state index contributed by atoms with van der Waals surface area (Å²) in [6, 6.07) is 4.08. The van der Waals surface area contributed by atoms with Crippen molar-refractivity contribution in [3.05, 3.63) is 23.8 Å². The summed E-state index contributed by atoms with van der Waals surface area (Å²) in [5.41, 5.74) is 6.16. The first-order chi connectivity index (χ1) is 8.74. The Bertz CT molecular complexity index is 461. The third kappa shape index (κ3) is 4.44. The van der Waals surface area contributed by atoms with Crippen LogP contribution in [-0.2, 0) is 0 Å². The minimum atomic E-state index is -4.40. The minimum absolute atomic E-state index is 0.169. The van der Waals surface area contributed by atoms with Gasteiger partial charge in [0.15, 0.2) is 5.78 Å². The van der Waals surface area contributed by atoms with Crippen LogP contribution in [-0.4, -0.2) is 36.8 Å². The molecule has 0 amide bonds. The first-order valence-electron chi connectivity index (χ1n) is 5.57. The number of halogens is 3. The zero-order chi connectivity index (χ0) is 14.6. The molecule has 0 saturated heterocycles. The molecule has 0 atom stereocenters. The molecular formula is C12H15F3N2O2. The summed E-state index contributed by atoms with van der Waals surface area (Å²) < 4.78 is 37.3. The van der Waals surface area contributed by atoms with Gasteiger partial charge in [-0.15, -0.1) is 0 Å². The van der Waals surface area contributed by atoms with E-state index in [1.54, 1.807) is 0 Å². The van der Waals surface area contributed by atoms with Gasteiger partial charge in [0.1, 0.15) is 6.54 Å². The van der Waals surface area contributed by atoms with Crippen molar-refractivity contribution in [2.24, 2.45) is 0 Å². The van der Waals surface area contributed by atoms with Crippen LogP contribution in [0.4, 0.5) is 24.5 Å². The van der Waals surface area contributed by atoms with Gasteiger partial charge in [0, 0.05) is 23.5 Å². The van der Waals surface area contributed by atoms with E-state index in [4.69, 9.17) is 10.8 Å². The average Bonchev–Trinajstić information content (AvgIpc) is 2.27. The van der Waals surface area contributed by atoms with E-state index in [1.165, 1.54) is 25.1 Å². The van der Waals surface area contributed by atoms with Gasteiger partial charge in [-0.25, -0.2) is 0 Å². The fraction of sp³-hybridized carbons (Fsp3) is 0.417. The Labute approximate surface area is 108 Å². The molecule has 0 aromatic heterocycles. The van der Waals surface area contributed by atoms with Crippen molar-refractivity contribution in [1.29, 1.82) is 0 Å². The molecular weight excluding hydrogens is 261 g/mol. The zero-order valence-corrected chi connectivity index (χ0v) is 10.4. The van der Waals surface area contributed by atoms with Crippen LogP contribution in [0.25, 0.3) is 0 Å². The van der Waals surface area contributed by atoms with Gasteiger partial charge in [-0.2, -0.15) is 13.2 Å². The van der Waals surface area contributed by atoms with Gasteiger partial charge in [0.05, 0.1) is 6.61 Å². The van der Waals surface area contributed by atoms with Crippen LogP contribution in [0.15, 0.2) is 18.2 Å². The molecule has 7 heteroatoms. The van der Waals surface area contributed by atoms with Crippen molar-refractivity contribution in [1.82, 2.24) is 0 Å². The number of alkyl halides is 3. The van der Waals surface area contributed by atoms with E-state index in [0.717, 1.165) is 4.90 Å². The number of rotatable bonds is 5. The molecule has 0 spiro atoms. The summed E-state index contributed by atoms with van der Waals surface area (Å²) in [5.74, 6) is -0.324. The molecule has 0 saturated carbocycles. The van der Waals surface area contributed by atoms with Crippen molar-refractivity contribution >= 4 is 17.2 Å². The number of nitrogens with two attached hydrogens (primary N) is 1. The Morgan fingerprint density at radius 2 is 2.05 bits per heavy atom. The van der Waals surface area contributed by atoms with E-state index < -0.39 is 19.3 Å². The van der Waals surface area contributed by atoms with Gasteiger partial charge in [-0.1, -0.05) is 0 Å². The first-order valence-corrected chi connectivity index (χ1v) is 5.57. The number of anilines is 2. The monoisotopic (exact) mass is 276 g/mol. The van der Waals surface area contributed by atoms with E-state index in [2.05, 4.69) is 0 Å². The summed E-state index contributed by atoms with van der Waals surface area (Å²) in [5, 5.41) is 8.83. The Kier molecular flexibility index (Phi) is 4.77. The second kappa shape index (κ2) is 5.92. The Hall–Kier alpha value is -1.76. The highest BCUT2D eigenvalue weighted by molar-refractivity contribution is 6.00. The molecule has 0 aliphatic heterocycles. The van der Waals surface area contributed by atoms with Gasteiger partial charge in [-0.3, -0.25) is 4.79 Å². The Balaban J connectivity index is 3.09. The maximum absolute atomic E-state index is 12.4. The summed E-state index contributed by atoms with van der Waals surface area (Å²) in [6.07, 6.45) is -4.40. The Morgan fingerprint density at radius 1 is 1.42 bits per heavy atom. The lowest BCUT2D eigenvalue weighted by molar-refractivity contribution is -0.119. The molecule has 0 fully saturated rings. The molecule has 3 N–H and O–H groups in total. The van der Waals surface area contributed by atoms with Crippen LogP contribution < -0.4 is 10.6 Å². The molecule has 1 rings (SSSR count). The van der Waals surface area contributed by atoms with Gasteiger partial charge in [0.25, 0.3) is 0 Å². The highest BCUT2D eigenvalue weighted by Gasteiger charge is 2.31. The molecule has 0 aliphatic rings. The molecule has 0 heterocycles. The topological polar surface area (TPSA) is 66.6 Å². The number of aliphatic hydroxyl groups excluding tert-OH is 1. The largest absolute Gasteiger partial charge is 0.405 e. The Morgan fingerprint density at radius 3 is 2.53 bits per heavy atom. The van der Waals surface area contributed by atoms with Crippen LogP contribution >= 0.6 is 0 Å². The van der Waals surface area contributed by atoms with E-state index >= 15 is 0 Å². The van der Waals surface area contributed by atoms with Crippen LogP contribution in [0.1, 0.15) is 17.3 Å². The van der Waals surface area contributed by atoms with E-state index in [-0.39, 0.29) is 29.3 Å². The number of Topliss-reactive ketones (excluding diaryl/α,β-unsaturated/α-hetero) is 1. The summed E-state index contributed by atoms with van der Waals surface area (Å²) in [7, 11) is 0. The predicted octanol–water partition coefficient (Wildman–Crippen LogP) is 1.83. The second-order valence-corrected chi connectivity index (χ2v) is 4.09. The van der Waals surface area contributed by atoms with Crippen molar-refractivity contribution in [3.63, 3.8) is 0 Å². The molecule has 1 aromatic rings. The van der Waals surface area contributed by atoms with Crippen LogP contribution in [0.5, 0.6) is 0 Å². The summed E-state index contributed by atoms with van der Waals surface area (Å²) in [4.78, 5) is 12.3. The number of hydrogen-bond acceptors (Lipinski definition) is 4. The third-order valence-corrected chi connectivity index (χ3v) is 2.52. The quantitative estimate of drug-likeness (QED) is 0.636. The SMILES string of the molecule is CC(=O)c1cc(N(CCO)CC(F)(F)F)ccc1N. The van der Waals surface area contributed by atoms with Gasteiger partial charge >= 0.3 is 6.18 Å². The maximum atomic E-state index is 12.4. The molecule has 4 nitrogen and oxygen atoms in total. The van der Waals surface area contributed by atoms with Crippen molar-refractivity contribution in [2.45, 2.75) is 13.1 Å². The molecule has 0 unspecified atom stereocenters. The van der Waals surface area contributed by atoms with Crippen molar-refractivity contribution in [3.8, 4) is 0 Å². The number of benzene rings is 1. The van der Waals surface area contributed by atoms with Crippen LogP contribution in [0.2, 0.25) is 0 Å². The lowest BCUT2D eigenvalue weighted by Gasteiger charge is -2.25. The minimum Gasteiger partial charge on any atom is -0.398 e. The highest BCUT2D eigenvalue weighted by Crippen LogP contribution is 2.25. The summed E-state index contributed by atoms with van der Waals surface area (Å²) in [6.45, 7) is -0.513. The molecule has 0 bridgehead atoms. The number of hydrogen-bond donors (Lipinski definition) is 2. The van der Waals surface area contributed by atoms with Gasteiger partial charge < -0.3 is 15.7 Å². The number of carbonyl (C=O) groups is 1. The van der Waals surface area contributed by atoms with E-state index in [9.17, 15) is 18.0 Å². The smallest absolute Gasteiger partial charge is 0.398 e. The van der Waals surface area contributed by atoms with E-state index in [0.29, 0.717) is 0 Å². The lowest BCUT2D eigenvalue weighted by Crippen LogP contribution is -2.36. The number of nitrogens with zero attached hydrogens (tertiary/aromatic N) is 1. The molecule has 0 radical (unpaired) electrons. The van der Waals surface area contributed by atoms with Crippen LogP contribution in [0, 0.1) is 0 Å². The molecule has 1 aromatic carbocycles. The lowest BCUT2D eigenvalue weighted by atomic mass is 10.1. The normalized spacial score (nSPS) is 11.4. The molecule has 19 heavy (non-hydrogen) atoms. The van der Waals surface area contributed by atoms with Crippen molar-refractivity contribution < 1.29 is 23.1 Å². The molecule has 106 valence electrons. The highest BCUT2D eigenvalue weighted by atomic mass is 19.4. The number of ketones is 1. The number of nitrogen functional groups attached to an aromatic ring is 1. The van der Waals surface area contributed by atoms with E-state index in [1.807, 2.05) is 0 Å². The number of carbonyl (C=O) groups excluding carboxylic acids is 1. The van der Waals surface area contributed by atoms with Gasteiger partial charge in [-0.05, 0) is 25.1 Å². The second-order valence-electron chi connectivity index (χ2n) is 4.09. The maximum Gasteiger partial charge on any atom is 0.405 e. The fourth-order valence-corrected chi connectivity index (χ4v) is 1.68. The molecule has 0 aliphatic carbocycles. The first kappa shape index (κ1) is 15.3.